The fraction of sp³-hybridized carbons (Fsp3) is 0.949. The van der Waals surface area contributed by atoms with Crippen LogP contribution >= 0.6 is 15.6 Å². The van der Waals surface area contributed by atoms with Crippen LogP contribution in [0.25, 0.3) is 0 Å². The Kier molecular flexibility index (Phi) is 68.4. The molecule has 0 aliphatic rings. The van der Waals surface area contributed by atoms with Crippen molar-refractivity contribution in [2.45, 2.75) is 426 Å². The number of ether oxygens (including phenoxy) is 4. The minimum Gasteiger partial charge on any atom is -0.462 e. The van der Waals surface area contributed by atoms with Crippen molar-refractivity contribution in [3.05, 3.63) is 0 Å². The number of carbonyl (C=O) groups excluding carboxylic acids is 4. The van der Waals surface area contributed by atoms with Gasteiger partial charge in [0.25, 0.3) is 0 Å². The van der Waals surface area contributed by atoms with Gasteiger partial charge in [-0.3, -0.25) is 37.3 Å². The molecule has 0 saturated heterocycles. The highest BCUT2D eigenvalue weighted by atomic mass is 31.2. The summed E-state index contributed by atoms with van der Waals surface area (Å²) < 4.78 is 68.6. The zero-order chi connectivity index (χ0) is 71.4. The maximum atomic E-state index is 13.1. The van der Waals surface area contributed by atoms with Gasteiger partial charge in [-0.2, -0.15) is 0 Å². The number of phosphoric ester groups is 2. The van der Waals surface area contributed by atoms with E-state index >= 15 is 0 Å². The Balaban J connectivity index is 5.22. The summed E-state index contributed by atoms with van der Waals surface area (Å²) in [6, 6.07) is 0. The fourth-order valence-electron chi connectivity index (χ4n) is 12.0. The van der Waals surface area contributed by atoms with E-state index < -0.39 is 97.5 Å². The molecule has 576 valence electrons. The fourth-order valence-corrected chi connectivity index (χ4v) is 13.6. The first-order chi connectivity index (χ1) is 46.9. The average molecular weight is 1420 g/mol. The Morgan fingerprint density at radius 3 is 0.701 bits per heavy atom. The third-order valence-electron chi connectivity index (χ3n) is 18.2. The van der Waals surface area contributed by atoms with Crippen LogP contribution in [0.5, 0.6) is 0 Å². The van der Waals surface area contributed by atoms with Gasteiger partial charge in [-0.05, 0) is 37.5 Å². The van der Waals surface area contributed by atoms with Gasteiger partial charge in [0.2, 0.25) is 0 Å². The summed E-state index contributed by atoms with van der Waals surface area (Å²) in [5, 5.41) is 10.6. The number of rotatable bonds is 77. The molecule has 0 aromatic heterocycles. The van der Waals surface area contributed by atoms with Gasteiger partial charge in [0, 0.05) is 25.7 Å². The number of aliphatic hydroxyl groups is 1. The number of carbonyl (C=O) groups is 4. The Hall–Kier alpha value is -1.94. The van der Waals surface area contributed by atoms with Gasteiger partial charge in [0.05, 0.1) is 26.4 Å². The van der Waals surface area contributed by atoms with Gasteiger partial charge in [0.15, 0.2) is 12.2 Å². The molecular weight excluding hydrogens is 1270 g/mol. The van der Waals surface area contributed by atoms with Crippen LogP contribution < -0.4 is 0 Å². The molecule has 19 heteroatoms. The molecule has 0 aromatic rings. The third kappa shape index (κ3) is 72.2. The lowest BCUT2D eigenvalue weighted by molar-refractivity contribution is -0.161. The minimum absolute atomic E-state index is 0.105. The summed E-state index contributed by atoms with van der Waals surface area (Å²) in [4.78, 5) is 72.8. The second-order valence-electron chi connectivity index (χ2n) is 29.1. The van der Waals surface area contributed by atoms with Crippen molar-refractivity contribution < 1.29 is 80.2 Å². The maximum absolute atomic E-state index is 13.1. The van der Waals surface area contributed by atoms with Crippen LogP contribution in [0.3, 0.4) is 0 Å². The van der Waals surface area contributed by atoms with Gasteiger partial charge in [-0.1, -0.05) is 356 Å². The third-order valence-corrected chi connectivity index (χ3v) is 20.1. The molecule has 17 nitrogen and oxygen atoms in total. The predicted octanol–water partition coefficient (Wildman–Crippen LogP) is 23.1. The summed E-state index contributed by atoms with van der Waals surface area (Å²) in [5.74, 6) is -0.586. The Labute approximate surface area is 594 Å². The van der Waals surface area contributed by atoms with Crippen molar-refractivity contribution in [3.63, 3.8) is 0 Å². The van der Waals surface area contributed by atoms with Crippen molar-refractivity contribution >= 4 is 39.5 Å². The molecule has 0 spiro atoms. The number of esters is 4. The standard InChI is InChI=1S/C78H152O17P2/c1-7-9-11-13-15-17-19-20-21-22-26-29-32-36-43-49-55-61-76(81)89-66-73(94-77(82)62-56-50-44-37-33-30-27-24-23-25-28-31-34-40-46-52-58-70(3)4)68-92-96(84,85)90-64-72(79)65-91-97(86,87)93-69-74(67-88-75(80)60-54-48-42-35-18-16-14-12-10-8-2)95-78(83)63-57-51-45-39-38-41-47-53-59-71(5)6/h70-74,79H,7-69H2,1-6H3,(H,84,85)(H,86,87)/t72-,73-,74-/m1/s1. The van der Waals surface area contributed by atoms with E-state index in [1.807, 2.05) is 0 Å². The van der Waals surface area contributed by atoms with Crippen molar-refractivity contribution in [3.8, 4) is 0 Å². The number of unbranched alkanes of at least 4 members (excludes halogenated alkanes) is 47. The summed E-state index contributed by atoms with van der Waals surface area (Å²) in [6.45, 7) is 9.59. The van der Waals surface area contributed by atoms with Crippen molar-refractivity contribution in [1.29, 1.82) is 0 Å². The molecular formula is C78H152O17P2. The maximum Gasteiger partial charge on any atom is 0.472 e. The van der Waals surface area contributed by atoms with E-state index in [0.717, 1.165) is 102 Å². The van der Waals surface area contributed by atoms with E-state index in [4.69, 9.17) is 37.0 Å². The second-order valence-corrected chi connectivity index (χ2v) is 32.0. The van der Waals surface area contributed by atoms with E-state index in [1.165, 1.54) is 225 Å². The van der Waals surface area contributed by atoms with Gasteiger partial charge in [-0.25, -0.2) is 9.13 Å². The van der Waals surface area contributed by atoms with Crippen LogP contribution in [0.1, 0.15) is 408 Å². The number of aliphatic hydroxyl groups excluding tert-OH is 1. The van der Waals surface area contributed by atoms with Crippen LogP contribution in [0.4, 0.5) is 0 Å². The first-order valence-corrected chi connectivity index (χ1v) is 43.5. The monoisotopic (exact) mass is 1420 g/mol. The molecule has 0 radical (unpaired) electrons. The zero-order valence-corrected chi connectivity index (χ0v) is 65.2. The number of phosphoric acid groups is 2. The van der Waals surface area contributed by atoms with E-state index in [9.17, 15) is 43.2 Å². The van der Waals surface area contributed by atoms with Crippen LogP contribution in [0, 0.1) is 11.8 Å². The molecule has 0 bridgehead atoms. The van der Waals surface area contributed by atoms with E-state index in [2.05, 4.69) is 41.5 Å². The van der Waals surface area contributed by atoms with Crippen LogP contribution in [0.15, 0.2) is 0 Å². The molecule has 0 saturated carbocycles. The Bertz CT molecular complexity index is 1870. The zero-order valence-electron chi connectivity index (χ0n) is 63.4. The highest BCUT2D eigenvalue weighted by Crippen LogP contribution is 2.45. The van der Waals surface area contributed by atoms with Crippen LogP contribution in [0.2, 0.25) is 0 Å². The molecule has 0 amide bonds. The first kappa shape index (κ1) is 95.1. The minimum atomic E-state index is -4.96. The Morgan fingerprint density at radius 1 is 0.278 bits per heavy atom. The lowest BCUT2D eigenvalue weighted by Gasteiger charge is -2.21. The molecule has 0 aliphatic carbocycles. The molecule has 2 unspecified atom stereocenters. The smallest absolute Gasteiger partial charge is 0.462 e. The molecule has 0 heterocycles. The SMILES string of the molecule is CCCCCCCCCCCCCCCCCCCC(=O)OC[C@H](COP(=O)(O)OC[C@@H](O)COP(=O)(O)OC[C@@H](COC(=O)CCCCCCCCCCCC)OC(=O)CCCCCCCCCCC(C)C)OC(=O)CCCCCCCCCCCCCCCCCCC(C)C. The molecule has 5 atom stereocenters. The van der Waals surface area contributed by atoms with Crippen molar-refractivity contribution in [2.24, 2.45) is 11.8 Å². The van der Waals surface area contributed by atoms with Crippen LogP contribution in [-0.2, 0) is 65.4 Å². The highest BCUT2D eigenvalue weighted by molar-refractivity contribution is 7.47. The van der Waals surface area contributed by atoms with E-state index in [-0.39, 0.29) is 25.7 Å². The van der Waals surface area contributed by atoms with Gasteiger partial charge >= 0.3 is 39.5 Å². The van der Waals surface area contributed by atoms with Crippen molar-refractivity contribution in [2.75, 3.05) is 39.6 Å². The summed E-state index contributed by atoms with van der Waals surface area (Å²) in [6.07, 6.45) is 58.3. The molecule has 3 N–H and O–H groups in total. The largest absolute Gasteiger partial charge is 0.472 e. The van der Waals surface area contributed by atoms with Crippen LogP contribution in [-0.4, -0.2) is 96.7 Å². The quantitative estimate of drug-likeness (QED) is 0.0222. The van der Waals surface area contributed by atoms with Crippen molar-refractivity contribution in [1.82, 2.24) is 0 Å². The Morgan fingerprint density at radius 2 is 0.474 bits per heavy atom. The summed E-state index contributed by atoms with van der Waals surface area (Å²) in [5.41, 5.74) is 0. The topological polar surface area (TPSA) is 237 Å². The lowest BCUT2D eigenvalue weighted by Crippen LogP contribution is -2.30. The summed E-state index contributed by atoms with van der Waals surface area (Å²) >= 11 is 0. The van der Waals surface area contributed by atoms with E-state index in [1.54, 1.807) is 0 Å². The van der Waals surface area contributed by atoms with Gasteiger partial charge in [-0.15, -0.1) is 0 Å². The molecule has 0 fully saturated rings. The first-order valence-electron chi connectivity index (χ1n) is 40.5. The average Bonchev–Trinajstić information content (AvgIpc) is 1.43. The number of hydrogen-bond donors (Lipinski definition) is 3. The lowest BCUT2D eigenvalue weighted by atomic mass is 10.0. The second kappa shape index (κ2) is 69.8. The van der Waals surface area contributed by atoms with Gasteiger partial charge in [0.1, 0.15) is 19.3 Å². The summed E-state index contributed by atoms with van der Waals surface area (Å²) in [7, 11) is -9.91. The number of hydrogen-bond acceptors (Lipinski definition) is 15. The highest BCUT2D eigenvalue weighted by Gasteiger charge is 2.30. The van der Waals surface area contributed by atoms with E-state index in [0.29, 0.717) is 25.7 Å². The molecule has 0 rings (SSSR count). The molecule has 0 aromatic carbocycles. The normalized spacial score (nSPS) is 14.0. The molecule has 0 aliphatic heterocycles. The molecule has 97 heavy (non-hydrogen) atoms. The predicted molar refractivity (Wildman–Crippen MR) is 395 cm³/mol. The van der Waals surface area contributed by atoms with Gasteiger partial charge < -0.3 is 33.8 Å².